The van der Waals surface area contributed by atoms with Crippen molar-refractivity contribution in [1.29, 1.82) is 0 Å². The van der Waals surface area contributed by atoms with Gasteiger partial charge in [-0.1, -0.05) is 24.3 Å². The normalized spacial score (nSPS) is 16.5. The predicted molar refractivity (Wildman–Crippen MR) is 118 cm³/mol. The van der Waals surface area contributed by atoms with Gasteiger partial charge in [-0.3, -0.25) is 9.48 Å². The number of hydrogen-bond donors (Lipinski definition) is 1. The van der Waals surface area contributed by atoms with E-state index in [4.69, 9.17) is 15.5 Å². The lowest BCUT2D eigenvalue weighted by molar-refractivity contribution is -0.125. The number of carbonyl (C=O) groups is 1. The highest BCUT2D eigenvalue weighted by Gasteiger charge is 2.23. The molecule has 0 bridgehead atoms. The van der Waals surface area contributed by atoms with Gasteiger partial charge in [-0.15, -0.1) is 0 Å². The Morgan fingerprint density at radius 1 is 1.10 bits per heavy atom. The van der Waals surface area contributed by atoms with Crippen LogP contribution < -0.4 is 5.73 Å². The molecule has 1 fully saturated rings. The lowest BCUT2D eigenvalue weighted by atomic mass is 10.0. The molecule has 3 aromatic heterocycles. The molecule has 1 aliphatic heterocycles. The third-order valence-corrected chi connectivity index (χ3v) is 5.59. The number of ether oxygens (including phenoxy) is 1. The van der Waals surface area contributed by atoms with Crippen molar-refractivity contribution in [3.8, 4) is 22.3 Å². The van der Waals surface area contributed by atoms with Crippen LogP contribution in [0.4, 0.5) is 5.82 Å². The monoisotopic (exact) mass is 414 g/mol. The zero-order valence-electron chi connectivity index (χ0n) is 17.1. The Balaban J connectivity index is 1.55. The Hall–Kier alpha value is -3.78. The van der Waals surface area contributed by atoms with Gasteiger partial charge >= 0.3 is 0 Å². The summed E-state index contributed by atoms with van der Waals surface area (Å²) in [6.07, 6.45) is 6.17. The molecular weight excluding hydrogens is 392 g/mol. The minimum absolute atomic E-state index is 0.265. The van der Waals surface area contributed by atoms with Crippen LogP contribution in [-0.4, -0.2) is 50.8 Å². The number of amides is 1. The highest BCUT2D eigenvalue weighted by molar-refractivity contribution is 5.98. The first-order valence-corrected chi connectivity index (χ1v) is 10.1. The molecule has 31 heavy (non-hydrogen) atoms. The standard InChI is InChI=1S/C23H22N6O2/c1-28-12-17(10-26-28)15-2-4-16(5-3-15)19-11-25-23(24)18-6-7-20(27-22(18)19)21-13-29(14-30)8-9-31-21/h2-7,10-12,14,21H,8-9,13H2,1H3,(H2,24,25). The topological polar surface area (TPSA) is 99.2 Å². The van der Waals surface area contributed by atoms with E-state index < -0.39 is 0 Å². The molecule has 4 aromatic rings. The van der Waals surface area contributed by atoms with Gasteiger partial charge in [-0.2, -0.15) is 5.10 Å². The number of pyridine rings is 2. The number of nitrogens with two attached hydrogens (primary N) is 1. The summed E-state index contributed by atoms with van der Waals surface area (Å²) < 4.78 is 7.65. The fourth-order valence-corrected chi connectivity index (χ4v) is 3.90. The summed E-state index contributed by atoms with van der Waals surface area (Å²) in [4.78, 5) is 22.2. The second-order valence-electron chi connectivity index (χ2n) is 7.63. The van der Waals surface area contributed by atoms with Gasteiger partial charge in [-0.05, 0) is 23.3 Å². The molecule has 1 aliphatic rings. The van der Waals surface area contributed by atoms with Crippen molar-refractivity contribution in [3.05, 3.63) is 60.7 Å². The largest absolute Gasteiger partial charge is 0.383 e. The summed E-state index contributed by atoms with van der Waals surface area (Å²) in [5, 5.41) is 5.03. The molecule has 1 aromatic carbocycles. The number of fused-ring (bicyclic) bond motifs is 1. The first-order chi connectivity index (χ1) is 15.1. The van der Waals surface area contributed by atoms with Gasteiger partial charge in [0.1, 0.15) is 11.9 Å². The van der Waals surface area contributed by atoms with Crippen molar-refractivity contribution >= 4 is 23.1 Å². The van der Waals surface area contributed by atoms with Gasteiger partial charge in [0.25, 0.3) is 0 Å². The molecule has 1 saturated heterocycles. The van der Waals surface area contributed by atoms with Crippen LogP contribution in [-0.2, 0) is 16.6 Å². The van der Waals surface area contributed by atoms with Gasteiger partial charge < -0.3 is 15.4 Å². The summed E-state index contributed by atoms with van der Waals surface area (Å²) in [6.45, 7) is 1.57. The van der Waals surface area contributed by atoms with Crippen LogP contribution in [0.1, 0.15) is 11.8 Å². The smallest absolute Gasteiger partial charge is 0.209 e. The summed E-state index contributed by atoms with van der Waals surface area (Å²) in [7, 11) is 1.90. The number of nitrogen functional groups attached to an aromatic ring is 1. The van der Waals surface area contributed by atoms with Crippen LogP contribution in [0.25, 0.3) is 33.2 Å². The molecule has 8 nitrogen and oxygen atoms in total. The lowest BCUT2D eigenvalue weighted by Crippen LogP contribution is -2.37. The van der Waals surface area contributed by atoms with Gasteiger partial charge in [0.05, 0.1) is 30.6 Å². The molecule has 8 heteroatoms. The molecular formula is C23H22N6O2. The summed E-state index contributed by atoms with van der Waals surface area (Å²) in [6, 6.07) is 12.0. The van der Waals surface area contributed by atoms with Crippen molar-refractivity contribution in [2.75, 3.05) is 25.4 Å². The van der Waals surface area contributed by atoms with Crippen LogP contribution in [0, 0.1) is 0 Å². The van der Waals surface area contributed by atoms with Crippen molar-refractivity contribution in [2.24, 2.45) is 7.05 Å². The third-order valence-electron chi connectivity index (χ3n) is 5.59. The molecule has 2 N–H and O–H groups in total. The minimum atomic E-state index is -0.265. The Morgan fingerprint density at radius 3 is 2.65 bits per heavy atom. The maximum Gasteiger partial charge on any atom is 0.209 e. The number of benzene rings is 1. The Labute approximate surface area is 179 Å². The SMILES string of the molecule is Cn1cc(-c2ccc(-c3cnc(N)c4ccc(C5CN(C=O)CCO5)nc34)cc2)cn1. The van der Waals surface area contributed by atoms with Gasteiger partial charge in [-0.25, -0.2) is 9.97 Å². The Bertz CT molecular complexity index is 1250. The number of anilines is 1. The van der Waals surface area contributed by atoms with E-state index in [1.54, 1.807) is 15.8 Å². The molecule has 0 radical (unpaired) electrons. The van der Waals surface area contributed by atoms with Crippen molar-refractivity contribution in [1.82, 2.24) is 24.6 Å². The van der Waals surface area contributed by atoms with Gasteiger partial charge in [0.2, 0.25) is 6.41 Å². The van der Waals surface area contributed by atoms with E-state index in [0.29, 0.717) is 25.5 Å². The van der Waals surface area contributed by atoms with Crippen LogP contribution in [0.3, 0.4) is 0 Å². The number of rotatable bonds is 4. The number of hydrogen-bond acceptors (Lipinski definition) is 6. The number of aryl methyl sites for hydroxylation is 1. The Kier molecular flexibility index (Phi) is 4.83. The van der Waals surface area contributed by atoms with E-state index in [9.17, 15) is 4.79 Å². The maximum absolute atomic E-state index is 11.2. The first-order valence-electron chi connectivity index (χ1n) is 10.1. The van der Waals surface area contributed by atoms with Crippen LogP contribution >= 0.6 is 0 Å². The van der Waals surface area contributed by atoms with Gasteiger partial charge in [0.15, 0.2) is 0 Å². The molecule has 1 unspecified atom stereocenters. The number of nitrogens with zero attached hydrogens (tertiary/aromatic N) is 5. The van der Waals surface area contributed by atoms with Crippen molar-refractivity contribution in [3.63, 3.8) is 0 Å². The molecule has 1 atom stereocenters. The molecule has 0 saturated carbocycles. The van der Waals surface area contributed by atoms with E-state index in [0.717, 1.165) is 45.3 Å². The number of aromatic nitrogens is 4. The maximum atomic E-state index is 11.2. The summed E-state index contributed by atoms with van der Waals surface area (Å²) in [5.74, 6) is 0.434. The highest BCUT2D eigenvalue weighted by Crippen LogP contribution is 2.32. The second kappa shape index (κ2) is 7.81. The van der Waals surface area contributed by atoms with Crippen LogP contribution in [0.2, 0.25) is 0 Å². The molecule has 0 aliphatic carbocycles. The molecule has 0 spiro atoms. The van der Waals surface area contributed by atoms with Crippen LogP contribution in [0.5, 0.6) is 0 Å². The number of morpholine rings is 1. The molecule has 156 valence electrons. The zero-order valence-corrected chi connectivity index (χ0v) is 17.1. The van der Waals surface area contributed by atoms with Gasteiger partial charge in [0, 0.05) is 42.5 Å². The van der Waals surface area contributed by atoms with Crippen molar-refractivity contribution < 1.29 is 9.53 Å². The van der Waals surface area contributed by atoms with Crippen LogP contribution in [0.15, 0.2) is 55.0 Å². The van der Waals surface area contributed by atoms with Crippen molar-refractivity contribution in [2.45, 2.75) is 6.10 Å². The fourth-order valence-electron chi connectivity index (χ4n) is 3.90. The molecule has 5 rings (SSSR count). The summed E-state index contributed by atoms with van der Waals surface area (Å²) >= 11 is 0. The third kappa shape index (κ3) is 3.62. The number of carbonyl (C=O) groups excluding carboxylic acids is 1. The molecule has 4 heterocycles. The highest BCUT2D eigenvalue weighted by atomic mass is 16.5. The van der Waals surface area contributed by atoms with E-state index in [1.165, 1.54) is 0 Å². The average molecular weight is 414 g/mol. The van der Waals surface area contributed by atoms with E-state index >= 15 is 0 Å². The molecule has 1 amide bonds. The second-order valence-corrected chi connectivity index (χ2v) is 7.63. The first kappa shape index (κ1) is 19.2. The summed E-state index contributed by atoms with van der Waals surface area (Å²) in [5.41, 5.74) is 11.7. The average Bonchev–Trinajstić information content (AvgIpc) is 3.25. The van der Waals surface area contributed by atoms with E-state index in [-0.39, 0.29) is 6.10 Å². The van der Waals surface area contributed by atoms with E-state index in [1.807, 2.05) is 31.6 Å². The zero-order chi connectivity index (χ0) is 21.4. The lowest BCUT2D eigenvalue weighted by Gasteiger charge is -2.30. The van der Waals surface area contributed by atoms with E-state index in [2.05, 4.69) is 34.3 Å². The fraction of sp³-hybridized carbons (Fsp3) is 0.217. The quantitative estimate of drug-likeness (QED) is 0.516. The predicted octanol–water partition coefficient (Wildman–Crippen LogP) is 2.81. The Morgan fingerprint density at radius 2 is 1.90 bits per heavy atom. The minimum Gasteiger partial charge on any atom is -0.383 e.